The zero-order chi connectivity index (χ0) is 27.3. The third-order valence-corrected chi connectivity index (χ3v) is 6.24. The van der Waals surface area contributed by atoms with Gasteiger partial charge in [0.25, 0.3) is 0 Å². The second kappa shape index (κ2) is 15.8. The Morgan fingerprint density at radius 1 is 1.17 bits per heavy atom. The van der Waals surface area contributed by atoms with E-state index in [9.17, 15) is 19.5 Å². The average molecular weight is 524 g/mol. The number of hydrogen-bond acceptors (Lipinski definition) is 6. The number of nitrogens with one attached hydrogen (secondary N) is 2. The molecule has 3 N–H and O–H groups in total. The van der Waals surface area contributed by atoms with Crippen molar-refractivity contribution in [3.63, 3.8) is 0 Å². The zero-order valence-electron chi connectivity index (χ0n) is 23.0. The molecule has 0 saturated heterocycles. The summed E-state index contributed by atoms with van der Waals surface area (Å²) >= 11 is 1.55. The second-order valence-corrected chi connectivity index (χ2v) is 11.0. The van der Waals surface area contributed by atoms with Crippen molar-refractivity contribution in [2.24, 2.45) is 0 Å². The zero-order valence-corrected chi connectivity index (χ0v) is 23.8. The Morgan fingerprint density at radius 2 is 1.86 bits per heavy atom. The fraction of sp³-hybridized carbons (Fsp3) is 0.667. The summed E-state index contributed by atoms with van der Waals surface area (Å²) in [7, 11) is 0. The number of ether oxygens (including phenoxy) is 1. The lowest BCUT2D eigenvalue weighted by atomic mass is 9.96. The van der Waals surface area contributed by atoms with Crippen molar-refractivity contribution >= 4 is 29.7 Å². The number of rotatable bonds is 14. The van der Waals surface area contributed by atoms with Crippen molar-refractivity contribution in [2.45, 2.75) is 84.9 Å². The third kappa shape index (κ3) is 10.8. The Hall–Kier alpha value is -2.26. The highest BCUT2D eigenvalue weighted by Gasteiger charge is 2.36. The van der Waals surface area contributed by atoms with Gasteiger partial charge >= 0.3 is 6.09 Å². The minimum absolute atomic E-state index is 0.0506. The van der Waals surface area contributed by atoms with Gasteiger partial charge in [0.05, 0.1) is 6.61 Å². The molecule has 0 fully saturated rings. The van der Waals surface area contributed by atoms with Crippen LogP contribution in [0.5, 0.6) is 0 Å². The molecule has 9 heteroatoms. The fourth-order valence-electron chi connectivity index (χ4n) is 3.81. The lowest BCUT2D eigenvalue weighted by Crippen LogP contribution is -2.54. The van der Waals surface area contributed by atoms with Crippen molar-refractivity contribution < 1.29 is 24.2 Å². The van der Waals surface area contributed by atoms with Crippen LogP contribution in [0.1, 0.15) is 76.1 Å². The number of thioether (sulfide) groups is 1. The minimum atomic E-state index is -0.941. The number of alkyl carbamates (subject to hydrolysis) is 1. The summed E-state index contributed by atoms with van der Waals surface area (Å²) in [6.45, 7) is 11.3. The molecule has 3 amide bonds. The van der Waals surface area contributed by atoms with Crippen molar-refractivity contribution in [3.8, 4) is 0 Å². The molecule has 36 heavy (non-hydrogen) atoms. The number of hydrogen-bond donors (Lipinski definition) is 3. The molecule has 1 rings (SSSR count). The first-order chi connectivity index (χ1) is 16.9. The van der Waals surface area contributed by atoms with Gasteiger partial charge in [-0.15, -0.1) is 0 Å². The first-order valence-corrected chi connectivity index (χ1v) is 14.1. The number of nitrogens with zero attached hydrogens (tertiary/aromatic N) is 1. The predicted octanol–water partition coefficient (Wildman–Crippen LogP) is 4.12. The van der Waals surface area contributed by atoms with Gasteiger partial charge in [-0.3, -0.25) is 9.59 Å². The van der Waals surface area contributed by atoms with Gasteiger partial charge in [0.15, 0.2) is 0 Å². The van der Waals surface area contributed by atoms with Crippen LogP contribution in [0.3, 0.4) is 0 Å². The summed E-state index contributed by atoms with van der Waals surface area (Å²) in [5.41, 5.74) is 1.81. The van der Waals surface area contributed by atoms with E-state index >= 15 is 0 Å². The Labute approximate surface area is 220 Å². The maximum atomic E-state index is 13.9. The molecular weight excluding hydrogens is 478 g/mol. The molecule has 204 valence electrons. The lowest BCUT2D eigenvalue weighted by molar-refractivity contribution is -0.143. The lowest BCUT2D eigenvalue weighted by Gasteiger charge is -2.35. The van der Waals surface area contributed by atoms with E-state index in [1.165, 1.54) is 4.90 Å². The maximum Gasteiger partial charge on any atom is 0.408 e. The Balaban J connectivity index is 3.40. The Morgan fingerprint density at radius 3 is 2.44 bits per heavy atom. The summed E-state index contributed by atoms with van der Waals surface area (Å²) in [5.74, 6) is -0.114. The number of aryl methyl sites for hydroxylation is 2. The van der Waals surface area contributed by atoms with E-state index in [0.717, 1.165) is 30.4 Å². The number of aliphatic hydroxyl groups excluding tert-OH is 1. The largest absolute Gasteiger partial charge is 0.444 e. The topological polar surface area (TPSA) is 108 Å². The molecule has 2 unspecified atom stereocenters. The van der Waals surface area contributed by atoms with E-state index in [0.29, 0.717) is 24.3 Å². The molecule has 0 heterocycles. The van der Waals surface area contributed by atoms with E-state index in [-0.39, 0.29) is 19.1 Å². The van der Waals surface area contributed by atoms with Gasteiger partial charge in [0, 0.05) is 13.1 Å². The second-order valence-electron chi connectivity index (χ2n) is 10.00. The highest BCUT2D eigenvalue weighted by Crippen LogP contribution is 2.27. The SMILES string of the molecule is CCCCCNC(=O)C(c1cc(C)ccc1C)N(CCO)C(=O)C(CCSC)NC(=O)OC(C)(C)C. The summed E-state index contributed by atoms with van der Waals surface area (Å²) in [6.07, 6.45) is 4.44. The van der Waals surface area contributed by atoms with Gasteiger partial charge in [-0.05, 0) is 70.6 Å². The van der Waals surface area contributed by atoms with Gasteiger partial charge in [0.2, 0.25) is 11.8 Å². The number of unbranched alkanes of at least 4 members (excludes halogenated alkanes) is 2. The van der Waals surface area contributed by atoms with E-state index in [1.54, 1.807) is 32.5 Å². The van der Waals surface area contributed by atoms with Crippen molar-refractivity contribution in [1.29, 1.82) is 0 Å². The van der Waals surface area contributed by atoms with Crippen LogP contribution in [-0.4, -0.2) is 71.3 Å². The number of carbonyl (C=O) groups is 3. The maximum absolute atomic E-state index is 13.9. The van der Waals surface area contributed by atoms with Gasteiger partial charge in [-0.1, -0.05) is 43.5 Å². The van der Waals surface area contributed by atoms with E-state index in [1.807, 2.05) is 38.3 Å². The predicted molar refractivity (Wildman–Crippen MR) is 146 cm³/mol. The van der Waals surface area contributed by atoms with Crippen LogP contribution in [0.15, 0.2) is 18.2 Å². The minimum Gasteiger partial charge on any atom is -0.444 e. The third-order valence-electron chi connectivity index (χ3n) is 5.59. The smallest absolute Gasteiger partial charge is 0.408 e. The molecule has 0 spiro atoms. The Bertz CT molecular complexity index is 856. The van der Waals surface area contributed by atoms with Crippen LogP contribution in [0.25, 0.3) is 0 Å². The summed E-state index contributed by atoms with van der Waals surface area (Å²) in [5, 5.41) is 15.6. The number of aliphatic hydroxyl groups is 1. The summed E-state index contributed by atoms with van der Waals surface area (Å²) < 4.78 is 5.39. The van der Waals surface area contributed by atoms with Crippen LogP contribution in [0.2, 0.25) is 0 Å². The van der Waals surface area contributed by atoms with E-state index in [4.69, 9.17) is 4.74 Å². The van der Waals surface area contributed by atoms with Gasteiger partial charge in [-0.2, -0.15) is 11.8 Å². The molecule has 0 aliphatic heterocycles. The molecule has 0 aliphatic rings. The molecule has 2 atom stereocenters. The fourth-order valence-corrected chi connectivity index (χ4v) is 4.28. The van der Waals surface area contributed by atoms with Crippen molar-refractivity contribution in [3.05, 3.63) is 34.9 Å². The first-order valence-electron chi connectivity index (χ1n) is 12.7. The highest BCUT2D eigenvalue weighted by molar-refractivity contribution is 7.98. The molecule has 0 aromatic heterocycles. The molecule has 8 nitrogen and oxygen atoms in total. The van der Waals surface area contributed by atoms with Crippen LogP contribution >= 0.6 is 11.8 Å². The molecule has 1 aromatic carbocycles. The quantitative estimate of drug-likeness (QED) is 0.317. The number of benzene rings is 1. The molecule has 0 bridgehead atoms. The molecule has 0 saturated carbocycles. The average Bonchev–Trinajstić information content (AvgIpc) is 2.79. The number of amides is 3. The first kappa shape index (κ1) is 31.8. The van der Waals surface area contributed by atoms with Gasteiger partial charge in [0.1, 0.15) is 17.7 Å². The standard InChI is InChI=1S/C27H45N3O5S/c1-8-9-10-14-28-24(32)23(21-18-19(2)11-12-20(21)3)30(15-16-31)25(33)22(13-17-36-7)29-26(34)35-27(4,5)6/h11-12,18,22-23,31H,8-10,13-17H2,1-7H3,(H,28,32)(H,29,34). The molecule has 0 radical (unpaired) electrons. The molecular formula is C27H45N3O5S. The number of carbonyl (C=O) groups excluding carboxylic acids is 3. The van der Waals surface area contributed by atoms with Crippen LogP contribution in [0, 0.1) is 13.8 Å². The molecule has 0 aliphatic carbocycles. The van der Waals surface area contributed by atoms with Crippen LogP contribution < -0.4 is 10.6 Å². The summed E-state index contributed by atoms with van der Waals surface area (Å²) in [6, 6.07) is 3.94. The van der Waals surface area contributed by atoms with E-state index in [2.05, 4.69) is 17.6 Å². The van der Waals surface area contributed by atoms with E-state index < -0.39 is 29.7 Å². The van der Waals surface area contributed by atoms with Crippen molar-refractivity contribution in [1.82, 2.24) is 15.5 Å². The monoisotopic (exact) mass is 523 g/mol. The van der Waals surface area contributed by atoms with Gasteiger partial charge < -0.3 is 25.4 Å². The summed E-state index contributed by atoms with van der Waals surface area (Å²) in [4.78, 5) is 41.4. The Kier molecular flexibility index (Phi) is 13.9. The molecule has 1 aromatic rings. The van der Waals surface area contributed by atoms with Crippen molar-refractivity contribution in [2.75, 3.05) is 31.7 Å². The normalized spacial score (nSPS) is 13.0. The van der Waals surface area contributed by atoms with Crippen LogP contribution in [-0.2, 0) is 14.3 Å². The van der Waals surface area contributed by atoms with Gasteiger partial charge in [-0.25, -0.2) is 4.79 Å². The van der Waals surface area contributed by atoms with Crippen LogP contribution in [0.4, 0.5) is 4.79 Å². The highest BCUT2D eigenvalue weighted by atomic mass is 32.2.